The standard InChI is InChI=1S/C44H36N4O.Pt/c1-29(2)34-19-11-20-35(30(3)4)42(34)47-27-26-45-44(47)31-14-10-17-33(28-31)48(32-15-6-5-7-16-32)41-25-13-23-39(46-41)38-22-12-21-37-36-18-8-9-24-40(36)49-43(37)38;/h5-21,23-27,29-30H,1-4H3;/q-2;+2. The Kier molecular flexibility index (Phi) is 9.27. The minimum absolute atomic E-state index is 0. The van der Waals surface area contributed by atoms with E-state index in [1.165, 1.54) is 16.8 Å². The van der Waals surface area contributed by atoms with Crippen LogP contribution in [-0.4, -0.2) is 14.5 Å². The second kappa shape index (κ2) is 13.9. The Morgan fingerprint density at radius 2 is 1.44 bits per heavy atom. The molecule has 0 fully saturated rings. The zero-order valence-corrected chi connectivity index (χ0v) is 30.6. The van der Waals surface area contributed by atoms with E-state index in [4.69, 9.17) is 14.4 Å². The molecule has 0 aliphatic rings. The van der Waals surface area contributed by atoms with Crippen molar-refractivity contribution in [2.24, 2.45) is 0 Å². The number of anilines is 3. The van der Waals surface area contributed by atoms with Crippen LogP contribution in [0, 0.1) is 12.1 Å². The van der Waals surface area contributed by atoms with E-state index >= 15 is 0 Å². The Balaban J connectivity index is 0.00000392. The third-order valence-electron chi connectivity index (χ3n) is 9.06. The summed E-state index contributed by atoms with van der Waals surface area (Å²) in [6.07, 6.45) is 3.95. The molecule has 0 N–H and O–H groups in total. The van der Waals surface area contributed by atoms with Gasteiger partial charge in [-0.15, -0.1) is 48.0 Å². The fourth-order valence-corrected chi connectivity index (χ4v) is 6.73. The van der Waals surface area contributed by atoms with Crippen molar-refractivity contribution in [1.29, 1.82) is 0 Å². The van der Waals surface area contributed by atoms with Gasteiger partial charge in [0, 0.05) is 29.2 Å². The largest absolute Gasteiger partial charge is 2.00 e. The maximum Gasteiger partial charge on any atom is 2.00 e. The molecule has 0 aliphatic carbocycles. The molecule has 0 saturated carbocycles. The molecule has 0 radical (unpaired) electrons. The van der Waals surface area contributed by atoms with Gasteiger partial charge < -0.3 is 13.9 Å². The summed E-state index contributed by atoms with van der Waals surface area (Å²) >= 11 is 0. The molecule has 0 unspecified atom stereocenters. The van der Waals surface area contributed by atoms with Crippen LogP contribution in [0.4, 0.5) is 17.2 Å². The number of fused-ring (bicyclic) bond motifs is 3. The zero-order valence-electron chi connectivity index (χ0n) is 28.4. The number of nitrogens with zero attached hydrogens (tertiary/aromatic N) is 4. The van der Waals surface area contributed by atoms with Crippen molar-refractivity contribution < 1.29 is 25.5 Å². The van der Waals surface area contributed by atoms with Gasteiger partial charge in [0.15, 0.2) is 0 Å². The van der Waals surface area contributed by atoms with Gasteiger partial charge in [0.05, 0.1) is 11.4 Å². The van der Waals surface area contributed by atoms with E-state index in [0.29, 0.717) is 11.8 Å². The summed E-state index contributed by atoms with van der Waals surface area (Å²) < 4.78 is 8.59. The first-order chi connectivity index (χ1) is 24.0. The average Bonchev–Trinajstić information content (AvgIpc) is 3.78. The van der Waals surface area contributed by atoms with Crippen molar-refractivity contribution in [3.63, 3.8) is 0 Å². The number of hydrogen-bond acceptors (Lipinski definition) is 4. The van der Waals surface area contributed by atoms with E-state index in [9.17, 15) is 0 Å². The van der Waals surface area contributed by atoms with Gasteiger partial charge in [-0.25, -0.2) is 0 Å². The van der Waals surface area contributed by atoms with E-state index in [1.807, 2.05) is 66.9 Å². The molecule has 6 heteroatoms. The third kappa shape index (κ3) is 5.97. The van der Waals surface area contributed by atoms with E-state index in [1.54, 1.807) is 0 Å². The Morgan fingerprint density at radius 1 is 0.720 bits per heavy atom. The number of imidazole rings is 1. The van der Waals surface area contributed by atoms with Crippen LogP contribution in [0.3, 0.4) is 0 Å². The van der Waals surface area contributed by atoms with Crippen LogP contribution in [0.15, 0.2) is 138 Å². The molecule has 8 aromatic rings. The van der Waals surface area contributed by atoms with Gasteiger partial charge in [-0.2, -0.15) is 0 Å². The van der Waals surface area contributed by atoms with E-state index < -0.39 is 0 Å². The second-order valence-corrected chi connectivity index (χ2v) is 12.9. The van der Waals surface area contributed by atoms with Crippen molar-refractivity contribution in [3.8, 4) is 28.3 Å². The van der Waals surface area contributed by atoms with Crippen LogP contribution in [-0.2, 0) is 21.1 Å². The molecule has 0 saturated heterocycles. The molecule has 3 heterocycles. The van der Waals surface area contributed by atoms with Crippen molar-refractivity contribution in [2.45, 2.75) is 39.5 Å². The fraction of sp³-hybridized carbons (Fsp3) is 0.136. The number of hydrogen-bond donors (Lipinski definition) is 0. The van der Waals surface area contributed by atoms with Crippen LogP contribution in [0.25, 0.3) is 50.3 Å². The first kappa shape index (κ1) is 33.3. The number of rotatable bonds is 8. The van der Waals surface area contributed by atoms with Crippen LogP contribution in [0.1, 0.15) is 50.7 Å². The molecular weight excluding hydrogens is 796 g/mol. The Hall–Kier alpha value is -5.25. The van der Waals surface area contributed by atoms with Gasteiger partial charge in [-0.3, -0.25) is 9.97 Å². The number of pyridine rings is 1. The fourth-order valence-electron chi connectivity index (χ4n) is 6.73. The number of furan rings is 1. The van der Waals surface area contributed by atoms with Crippen molar-refractivity contribution >= 4 is 39.1 Å². The molecule has 5 aromatic carbocycles. The summed E-state index contributed by atoms with van der Waals surface area (Å²) in [5.74, 6) is 2.31. The minimum Gasteiger partial charge on any atom is -0.501 e. The smallest absolute Gasteiger partial charge is 0.501 e. The third-order valence-corrected chi connectivity index (χ3v) is 9.06. The van der Waals surface area contributed by atoms with Crippen LogP contribution < -0.4 is 4.90 Å². The van der Waals surface area contributed by atoms with E-state index in [0.717, 1.165) is 61.8 Å². The van der Waals surface area contributed by atoms with E-state index in [-0.39, 0.29) is 21.1 Å². The molecule has 0 aliphatic heterocycles. The topological polar surface area (TPSA) is 47.1 Å². The van der Waals surface area contributed by atoms with Crippen molar-refractivity contribution in [1.82, 2.24) is 14.5 Å². The summed E-state index contributed by atoms with van der Waals surface area (Å²) in [5, 5.41) is 2.13. The van der Waals surface area contributed by atoms with Gasteiger partial charge in [0.25, 0.3) is 0 Å². The summed E-state index contributed by atoms with van der Waals surface area (Å²) in [6.45, 7) is 8.99. The summed E-state index contributed by atoms with van der Waals surface area (Å²) in [7, 11) is 0. The Morgan fingerprint density at radius 3 is 2.22 bits per heavy atom. The molecule has 0 atom stereocenters. The van der Waals surface area contributed by atoms with E-state index in [2.05, 4.69) is 116 Å². The number of para-hydroxylation sites is 3. The van der Waals surface area contributed by atoms with Crippen molar-refractivity contribution in [3.05, 3.63) is 157 Å². The second-order valence-electron chi connectivity index (χ2n) is 12.9. The molecule has 5 nitrogen and oxygen atoms in total. The van der Waals surface area contributed by atoms with Gasteiger partial charge in [0.1, 0.15) is 11.4 Å². The first-order valence-electron chi connectivity index (χ1n) is 16.8. The number of benzene rings is 5. The molecule has 0 bridgehead atoms. The first-order valence-corrected chi connectivity index (χ1v) is 16.8. The molecule has 248 valence electrons. The molecule has 50 heavy (non-hydrogen) atoms. The van der Waals surface area contributed by atoms with Crippen LogP contribution in [0.2, 0.25) is 0 Å². The minimum atomic E-state index is 0. The van der Waals surface area contributed by atoms with Crippen molar-refractivity contribution in [2.75, 3.05) is 4.90 Å². The van der Waals surface area contributed by atoms with Crippen LogP contribution in [0.5, 0.6) is 0 Å². The van der Waals surface area contributed by atoms with Gasteiger partial charge in [0.2, 0.25) is 0 Å². The predicted octanol–water partition coefficient (Wildman–Crippen LogP) is 11.8. The van der Waals surface area contributed by atoms with Gasteiger partial charge >= 0.3 is 21.1 Å². The summed E-state index contributed by atoms with van der Waals surface area (Å²) in [6, 6.07) is 48.5. The molecule has 0 amide bonds. The SMILES string of the molecule is CC(C)c1cccc(C(C)C)c1-n1ccnc1-c1[c-]c(N(c2ccccc2)c2cccc(-c3[c-]ccc4c3oc3ccccc34)n2)ccc1.[Pt+2]. The quantitative estimate of drug-likeness (QED) is 0.143. The van der Waals surface area contributed by atoms with Gasteiger partial charge in [-0.05, 0) is 58.6 Å². The normalized spacial score (nSPS) is 11.4. The zero-order chi connectivity index (χ0) is 33.5. The maximum absolute atomic E-state index is 6.36. The number of aromatic nitrogens is 3. The molecule has 3 aromatic heterocycles. The molecular formula is C44H36N4OPt. The van der Waals surface area contributed by atoms with Crippen LogP contribution >= 0.6 is 0 Å². The average molecular weight is 832 g/mol. The monoisotopic (exact) mass is 831 g/mol. The summed E-state index contributed by atoms with van der Waals surface area (Å²) in [5.41, 5.74) is 9.75. The van der Waals surface area contributed by atoms with Gasteiger partial charge in [-0.1, -0.05) is 105 Å². The molecule has 8 rings (SSSR count). The summed E-state index contributed by atoms with van der Waals surface area (Å²) in [4.78, 5) is 12.3. The Labute approximate surface area is 307 Å². The Bertz CT molecular complexity index is 2400. The maximum atomic E-state index is 6.36. The predicted molar refractivity (Wildman–Crippen MR) is 200 cm³/mol. The molecule has 0 spiro atoms.